The highest BCUT2D eigenvalue weighted by atomic mass is 16.5. The largest absolute Gasteiger partial charge is 0.504 e. The Labute approximate surface area is 123 Å². The highest BCUT2D eigenvalue weighted by Crippen LogP contribution is 2.61. The smallest absolute Gasteiger partial charge is 0.196 e. The third-order valence-electron chi connectivity index (χ3n) is 6.00. The Morgan fingerprint density at radius 2 is 2.29 bits per heavy atom. The molecule has 0 saturated carbocycles. The Morgan fingerprint density at radius 3 is 3.14 bits per heavy atom. The van der Waals surface area contributed by atoms with Gasteiger partial charge in [-0.2, -0.15) is 0 Å². The van der Waals surface area contributed by atoms with Crippen LogP contribution in [-0.2, 0) is 16.6 Å². The van der Waals surface area contributed by atoms with Crippen molar-refractivity contribution in [3.63, 3.8) is 0 Å². The van der Waals surface area contributed by atoms with Gasteiger partial charge in [-0.15, -0.1) is 0 Å². The number of benzene rings is 1. The maximum atomic E-state index is 12.4. The van der Waals surface area contributed by atoms with Crippen molar-refractivity contribution < 1.29 is 14.6 Å². The van der Waals surface area contributed by atoms with Crippen LogP contribution in [0.15, 0.2) is 24.3 Å². The van der Waals surface area contributed by atoms with E-state index in [4.69, 9.17) is 4.74 Å². The third kappa shape index (κ3) is 1.16. The summed E-state index contributed by atoms with van der Waals surface area (Å²) in [6.07, 6.45) is 5.19. The summed E-state index contributed by atoms with van der Waals surface area (Å²) in [4.78, 5) is 14.8. The van der Waals surface area contributed by atoms with Crippen LogP contribution in [0, 0.1) is 5.92 Å². The average molecular weight is 283 g/mol. The highest BCUT2D eigenvalue weighted by Gasteiger charge is 2.64. The molecule has 2 aliphatic carbocycles. The Hall–Kier alpha value is -1.81. The van der Waals surface area contributed by atoms with E-state index in [1.165, 1.54) is 5.56 Å². The monoisotopic (exact) mass is 283 g/mol. The molecule has 2 bridgehead atoms. The van der Waals surface area contributed by atoms with Crippen molar-refractivity contribution in [1.29, 1.82) is 0 Å². The molecule has 4 aliphatic rings. The van der Waals surface area contributed by atoms with Crippen molar-refractivity contribution in [2.45, 2.75) is 30.4 Å². The van der Waals surface area contributed by atoms with Crippen LogP contribution in [0.4, 0.5) is 0 Å². The molecule has 4 nitrogen and oxygen atoms in total. The molecule has 2 heterocycles. The van der Waals surface area contributed by atoms with Crippen molar-refractivity contribution in [3.05, 3.63) is 35.4 Å². The first kappa shape index (κ1) is 11.8. The number of ketones is 1. The van der Waals surface area contributed by atoms with Crippen molar-refractivity contribution in [2.75, 3.05) is 13.6 Å². The van der Waals surface area contributed by atoms with Gasteiger partial charge in [-0.3, -0.25) is 4.79 Å². The second kappa shape index (κ2) is 3.50. The van der Waals surface area contributed by atoms with E-state index in [0.29, 0.717) is 17.7 Å². The second-order valence-corrected chi connectivity index (χ2v) is 6.78. The summed E-state index contributed by atoms with van der Waals surface area (Å²) in [5.74, 6) is 1.07. The van der Waals surface area contributed by atoms with E-state index in [-0.39, 0.29) is 16.9 Å². The van der Waals surface area contributed by atoms with Gasteiger partial charge in [-0.05, 0) is 44.1 Å². The molecule has 4 heteroatoms. The van der Waals surface area contributed by atoms with E-state index in [0.717, 1.165) is 24.9 Å². The number of piperidine rings is 1. The zero-order valence-corrected chi connectivity index (χ0v) is 11.9. The van der Waals surface area contributed by atoms with Crippen LogP contribution in [0.25, 0.3) is 0 Å². The molecule has 21 heavy (non-hydrogen) atoms. The highest BCUT2D eigenvalue weighted by molar-refractivity contribution is 5.98. The fourth-order valence-electron chi connectivity index (χ4n) is 5.08. The normalized spacial score (nSPS) is 39.1. The van der Waals surface area contributed by atoms with Crippen LogP contribution in [-0.4, -0.2) is 41.5 Å². The van der Waals surface area contributed by atoms with E-state index in [1.54, 1.807) is 12.1 Å². The summed E-state index contributed by atoms with van der Waals surface area (Å²) in [6.45, 7) is 0.969. The Balaban J connectivity index is 1.87. The fraction of sp³-hybridized carbons (Fsp3) is 0.471. The average Bonchev–Trinajstić information content (AvgIpc) is 2.83. The lowest BCUT2D eigenvalue weighted by Crippen LogP contribution is -2.64. The molecule has 0 unspecified atom stereocenters. The number of likely N-dealkylation sites (N-methyl/N-ethyl adjacent to an activating group) is 1. The third-order valence-corrected chi connectivity index (χ3v) is 6.00. The number of phenolic OH excluding ortho intramolecular Hbond substituents is 1. The number of carbonyl (C=O) groups excluding carboxylic acids is 1. The molecular weight excluding hydrogens is 266 g/mol. The van der Waals surface area contributed by atoms with Gasteiger partial charge in [0.05, 0.1) is 5.41 Å². The van der Waals surface area contributed by atoms with Gasteiger partial charge in [-0.1, -0.05) is 12.1 Å². The van der Waals surface area contributed by atoms with Gasteiger partial charge in [0.15, 0.2) is 23.4 Å². The summed E-state index contributed by atoms with van der Waals surface area (Å²) in [5, 5.41) is 10.2. The SMILES string of the molecule is CN1CC[C@]23c4c5ccc(O)c4O[C@@H]2C(=O)C=C[C@H]3[C@@H]1C5. The molecule has 1 spiro atoms. The van der Waals surface area contributed by atoms with Crippen LogP contribution >= 0.6 is 0 Å². The molecule has 1 saturated heterocycles. The Morgan fingerprint density at radius 1 is 1.43 bits per heavy atom. The number of aromatic hydroxyl groups is 1. The molecule has 1 aromatic carbocycles. The van der Waals surface area contributed by atoms with Crippen molar-refractivity contribution in [2.24, 2.45) is 5.92 Å². The van der Waals surface area contributed by atoms with E-state index in [1.807, 2.05) is 6.07 Å². The summed E-state index contributed by atoms with van der Waals surface area (Å²) in [6, 6.07) is 4.13. The molecule has 0 aromatic heterocycles. The molecule has 4 atom stereocenters. The molecule has 0 amide bonds. The topological polar surface area (TPSA) is 49.8 Å². The van der Waals surface area contributed by atoms with Crippen LogP contribution < -0.4 is 4.74 Å². The minimum atomic E-state index is -0.453. The number of hydrogen-bond acceptors (Lipinski definition) is 4. The number of nitrogens with zero attached hydrogens (tertiary/aromatic N) is 1. The van der Waals surface area contributed by atoms with Gasteiger partial charge in [-0.25, -0.2) is 0 Å². The van der Waals surface area contributed by atoms with Crippen LogP contribution in [0.2, 0.25) is 0 Å². The summed E-state index contributed by atoms with van der Waals surface area (Å²) in [7, 11) is 2.17. The maximum absolute atomic E-state index is 12.4. The Kier molecular flexibility index (Phi) is 1.97. The number of ether oxygens (including phenoxy) is 1. The van der Waals surface area contributed by atoms with Crippen LogP contribution in [0.5, 0.6) is 11.5 Å². The van der Waals surface area contributed by atoms with Crippen molar-refractivity contribution >= 4 is 5.78 Å². The van der Waals surface area contributed by atoms with Gasteiger partial charge in [0.25, 0.3) is 0 Å². The zero-order chi connectivity index (χ0) is 14.4. The lowest BCUT2D eigenvalue weighted by Gasteiger charge is -2.55. The number of likely N-dealkylation sites (tertiary alicyclic amines) is 1. The molecule has 2 aliphatic heterocycles. The fourth-order valence-corrected chi connectivity index (χ4v) is 5.08. The first-order valence-electron chi connectivity index (χ1n) is 7.57. The number of carbonyl (C=O) groups is 1. The van der Waals surface area contributed by atoms with E-state index in [2.05, 4.69) is 18.0 Å². The molecule has 1 N–H and O–H groups in total. The number of phenols is 1. The summed E-state index contributed by atoms with van der Waals surface area (Å²) < 4.78 is 5.99. The van der Waals surface area contributed by atoms with Crippen molar-refractivity contribution in [3.8, 4) is 11.5 Å². The summed E-state index contributed by atoms with van der Waals surface area (Å²) in [5.41, 5.74) is 2.09. The van der Waals surface area contributed by atoms with Crippen LogP contribution in [0.1, 0.15) is 17.5 Å². The molecule has 5 rings (SSSR count). The first-order chi connectivity index (χ1) is 10.1. The molecule has 1 fully saturated rings. The molecule has 0 radical (unpaired) electrons. The van der Waals surface area contributed by atoms with E-state index in [9.17, 15) is 9.90 Å². The lowest BCUT2D eigenvalue weighted by atomic mass is 9.53. The van der Waals surface area contributed by atoms with Gasteiger partial charge in [0.1, 0.15) is 0 Å². The van der Waals surface area contributed by atoms with Crippen molar-refractivity contribution in [1.82, 2.24) is 4.90 Å². The minimum absolute atomic E-state index is 0.0398. The minimum Gasteiger partial charge on any atom is -0.504 e. The Bertz CT molecular complexity index is 710. The quantitative estimate of drug-likeness (QED) is 0.782. The van der Waals surface area contributed by atoms with Gasteiger partial charge in [0, 0.05) is 17.5 Å². The zero-order valence-electron chi connectivity index (χ0n) is 11.9. The van der Waals surface area contributed by atoms with Gasteiger partial charge < -0.3 is 14.7 Å². The molecule has 1 aromatic rings. The summed E-state index contributed by atoms with van der Waals surface area (Å²) >= 11 is 0. The predicted molar refractivity (Wildman–Crippen MR) is 76.6 cm³/mol. The standard InChI is InChI=1S/C17H17NO3/c1-18-7-6-17-10-3-5-13(20)16(17)21-15-12(19)4-2-9(14(15)17)8-11(10)18/h2-5,10-11,16,19H,6-8H2,1H3/t10-,11-,16+,17-/m0/s1. The predicted octanol–water partition coefficient (Wildman–Crippen LogP) is 1.41. The van der Waals surface area contributed by atoms with E-state index < -0.39 is 6.10 Å². The molecule has 108 valence electrons. The van der Waals surface area contributed by atoms with E-state index >= 15 is 0 Å². The first-order valence-corrected chi connectivity index (χ1v) is 7.57. The maximum Gasteiger partial charge on any atom is 0.196 e. The van der Waals surface area contributed by atoms with Gasteiger partial charge >= 0.3 is 0 Å². The lowest BCUT2D eigenvalue weighted by molar-refractivity contribution is -0.127. The number of rotatable bonds is 0. The molecular formula is C17H17NO3. The van der Waals surface area contributed by atoms with Gasteiger partial charge in [0.2, 0.25) is 0 Å². The second-order valence-electron chi connectivity index (χ2n) is 6.78. The van der Waals surface area contributed by atoms with Crippen LogP contribution in [0.3, 0.4) is 0 Å². The number of hydrogen-bond donors (Lipinski definition) is 1.